The zero-order chi connectivity index (χ0) is 31.0. The summed E-state index contributed by atoms with van der Waals surface area (Å²) in [7, 11) is -4.14. The number of aryl methyl sites for hydroxylation is 2. The van der Waals surface area contributed by atoms with Gasteiger partial charge in [0, 0.05) is 24.5 Å². The first-order chi connectivity index (χ1) is 20.6. The lowest BCUT2D eigenvalue weighted by Gasteiger charge is -2.34. The Kier molecular flexibility index (Phi) is 10.6. The van der Waals surface area contributed by atoms with Crippen molar-refractivity contribution in [2.24, 2.45) is 0 Å². The second-order valence-electron chi connectivity index (χ2n) is 10.4. The molecule has 224 valence electrons. The Bertz CT molecular complexity index is 1630. The van der Waals surface area contributed by atoms with Gasteiger partial charge in [-0.2, -0.15) is 0 Å². The molecule has 0 aromatic heterocycles. The highest BCUT2D eigenvalue weighted by Crippen LogP contribution is 2.27. The number of amides is 2. The number of nitrogens with one attached hydrogen (secondary N) is 1. The highest BCUT2D eigenvalue weighted by atomic mass is 35.5. The van der Waals surface area contributed by atoms with Crippen molar-refractivity contribution in [3.8, 4) is 0 Å². The van der Waals surface area contributed by atoms with Gasteiger partial charge >= 0.3 is 0 Å². The van der Waals surface area contributed by atoms with Gasteiger partial charge in [0.25, 0.3) is 10.0 Å². The van der Waals surface area contributed by atoms with E-state index in [0.717, 1.165) is 26.6 Å². The van der Waals surface area contributed by atoms with Crippen molar-refractivity contribution >= 4 is 39.1 Å². The van der Waals surface area contributed by atoms with Crippen LogP contribution in [0, 0.1) is 13.8 Å². The highest BCUT2D eigenvalue weighted by molar-refractivity contribution is 7.92. The molecule has 4 rings (SSSR count). The fraction of sp³-hybridized carbons (Fsp3) is 0.235. The standard InChI is InChI=1S/C34H36ClN3O4S/c1-4-36-34(40)32(22-27-11-7-5-8-12-27)37(23-28-15-17-29(35)18-16-28)33(39)24-38(30-20-25(2)19-26(3)21-30)43(41,42)31-13-9-6-10-14-31/h5-21,32H,4,22-24H2,1-3H3,(H,36,40). The second kappa shape index (κ2) is 14.4. The number of rotatable bonds is 12. The second-order valence-corrected chi connectivity index (χ2v) is 12.7. The molecular weight excluding hydrogens is 582 g/mol. The number of carbonyl (C=O) groups is 2. The number of nitrogens with zero attached hydrogens (tertiary/aromatic N) is 2. The maximum absolute atomic E-state index is 14.4. The van der Waals surface area contributed by atoms with E-state index >= 15 is 0 Å². The fourth-order valence-electron chi connectivity index (χ4n) is 4.98. The van der Waals surface area contributed by atoms with Crippen molar-refractivity contribution in [2.45, 2.75) is 44.7 Å². The van der Waals surface area contributed by atoms with Crippen LogP contribution in [0.4, 0.5) is 5.69 Å². The molecule has 0 saturated heterocycles. The van der Waals surface area contributed by atoms with Crippen LogP contribution < -0.4 is 9.62 Å². The Morgan fingerprint density at radius 1 is 0.814 bits per heavy atom. The van der Waals surface area contributed by atoms with Crippen molar-refractivity contribution in [2.75, 3.05) is 17.4 Å². The van der Waals surface area contributed by atoms with Crippen molar-refractivity contribution in [1.82, 2.24) is 10.2 Å². The maximum Gasteiger partial charge on any atom is 0.264 e. The van der Waals surface area contributed by atoms with E-state index in [1.165, 1.54) is 17.0 Å². The predicted molar refractivity (Wildman–Crippen MR) is 172 cm³/mol. The Morgan fingerprint density at radius 2 is 1.40 bits per heavy atom. The smallest absolute Gasteiger partial charge is 0.264 e. The van der Waals surface area contributed by atoms with E-state index in [0.29, 0.717) is 17.3 Å². The molecule has 4 aromatic rings. The van der Waals surface area contributed by atoms with Gasteiger partial charge in [-0.3, -0.25) is 13.9 Å². The summed E-state index contributed by atoms with van der Waals surface area (Å²) in [5.74, 6) is -0.835. The molecule has 43 heavy (non-hydrogen) atoms. The van der Waals surface area contributed by atoms with Crippen molar-refractivity contribution in [3.63, 3.8) is 0 Å². The molecule has 0 heterocycles. The van der Waals surface area contributed by atoms with E-state index in [1.54, 1.807) is 54.6 Å². The third kappa shape index (κ3) is 8.24. The molecule has 1 atom stereocenters. The van der Waals surface area contributed by atoms with Crippen LogP contribution in [-0.2, 0) is 32.6 Å². The molecule has 0 aliphatic heterocycles. The maximum atomic E-state index is 14.4. The van der Waals surface area contributed by atoms with Crippen LogP contribution in [0.5, 0.6) is 0 Å². The van der Waals surface area contributed by atoms with E-state index in [1.807, 2.05) is 57.2 Å². The summed E-state index contributed by atoms with van der Waals surface area (Å²) in [6, 6.07) is 29.1. The van der Waals surface area contributed by atoms with E-state index in [9.17, 15) is 18.0 Å². The first-order valence-corrected chi connectivity index (χ1v) is 15.9. The van der Waals surface area contributed by atoms with Crippen molar-refractivity contribution in [1.29, 1.82) is 0 Å². The van der Waals surface area contributed by atoms with Crippen LogP contribution in [-0.4, -0.2) is 44.3 Å². The first kappa shape index (κ1) is 31.8. The molecule has 0 bridgehead atoms. The number of likely N-dealkylation sites (N-methyl/N-ethyl adjacent to an activating group) is 1. The molecule has 0 aliphatic rings. The number of halogens is 1. The lowest BCUT2D eigenvalue weighted by molar-refractivity contribution is -0.140. The zero-order valence-electron chi connectivity index (χ0n) is 24.5. The third-order valence-corrected chi connectivity index (χ3v) is 9.03. The number of benzene rings is 4. The van der Waals surface area contributed by atoms with E-state index in [2.05, 4.69) is 5.32 Å². The summed E-state index contributed by atoms with van der Waals surface area (Å²) in [4.78, 5) is 29.5. The summed E-state index contributed by atoms with van der Waals surface area (Å²) < 4.78 is 29.3. The van der Waals surface area contributed by atoms with Gasteiger partial charge < -0.3 is 10.2 Å². The SMILES string of the molecule is CCNC(=O)C(Cc1ccccc1)N(Cc1ccc(Cl)cc1)C(=O)CN(c1cc(C)cc(C)c1)S(=O)(=O)c1ccccc1. The lowest BCUT2D eigenvalue weighted by Crippen LogP contribution is -2.53. The largest absolute Gasteiger partial charge is 0.355 e. The molecule has 2 amide bonds. The molecule has 4 aromatic carbocycles. The van der Waals surface area contributed by atoms with Gasteiger partial charge in [-0.05, 0) is 79.4 Å². The summed E-state index contributed by atoms with van der Waals surface area (Å²) in [6.07, 6.45) is 0.251. The van der Waals surface area contributed by atoms with Crippen LogP contribution in [0.15, 0.2) is 108 Å². The lowest BCUT2D eigenvalue weighted by atomic mass is 10.0. The number of sulfonamides is 1. The van der Waals surface area contributed by atoms with Gasteiger partial charge in [0.05, 0.1) is 10.6 Å². The van der Waals surface area contributed by atoms with Gasteiger partial charge in [0.2, 0.25) is 11.8 Å². The average molecular weight is 618 g/mol. The summed E-state index contributed by atoms with van der Waals surface area (Å²) in [6.45, 7) is 5.53. The Morgan fingerprint density at radius 3 is 1.98 bits per heavy atom. The van der Waals surface area contributed by atoms with Gasteiger partial charge in [0.15, 0.2) is 0 Å². The fourth-order valence-corrected chi connectivity index (χ4v) is 6.52. The van der Waals surface area contributed by atoms with E-state index in [-0.39, 0.29) is 23.8 Å². The molecule has 0 fully saturated rings. The van der Waals surface area contributed by atoms with Crippen LogP contribution in [0.1, 0.15) is 29.2 Å². The zero-order valence-corrected chi connectivity index (χ0v) is 26.1. The van der Waals surface area contributed by atoms with Crippen molar-refractivity contribution in [3.05, 3.63) is 130 Å². The minimum atomic E-state index is -4.14. The van der Waals surface area contributed by atoms with Crippen LogP contribution in [0.3, 0.4) is 0 Å². The predicted octanol–water partition coefficient (Wildman–Crippen LogP) is 5.93. The molecular formula is C34H36ClN3O4S. The first-order valence-electron chi connectivity index (χ1n) is 14.1. The highest BCUT2D eigenvalue weighted by Gasteiger charge is 2.34. The molecule has 0 radical (unpaired) electrons. The third-order valence-electron chi connectivity index (χ3n) is 6.99. The number of carbonyl (C=O) groups excluding carboxylic acids is 2. The monoisotopic (exact) mass is 617 g/mol. The van der Waals surface area contributed by atoms with Gasteiger partial charge in [-0.15, -0.1) is 0 Å². The van der Waals surface area contributed by atoms with E-state index < -0.39 is 28.5 Å². The Hall–Kier alpha value is -4.14. The van der Waals surface area contributed by atoms with Crippen LogP contribution in [0.2, 0.25) is 5.02 Å². The summed E-state index contributed by atoms with van der Waals surface area (Å²) in [5.41, 5.74) is 3.72. The molecule has 1 unspecified atom stereocenters. The van der Waals surface area contributed by atoms with Crippen molar-refractivity contribution < 1.29 is 18.0 Å². The molecule has 0 aliphatic carbocycles. The molecule has 9 heteroatoms. The van der Waals surface area contributed by atoms with Crippen LogP contribution >= 0.6 is 11.6 Å². The Balaban J connectivity index is 1.81. The summed E-state index contributed by atoms with van der Waals surface area (Å²) in [5, 5.41) is 3.41. The number of hydrogen-bond donors (Lipinski definition) is 1. The summed E-state index contributed by atoms with van der Waals surface area (Å²) >= 11 is 6.12. The van der Waals surface area contributed by atoms with Gasteiger partial charge in [0.1, 0.15) is 12.6 Å². The topological polar surface area (TPSA) is 86.8 Å². The number of hydrogen-bond acceptors (Lipinski definition) is 4. The Labute approximate surface area is 259 Å². The molecule has 0 spiro atoms. The molecule has 7 nitrogen and oxygen atoms in total. The quantitative estimate of drug-likeness (QED) is 0.214. The van der Waals surface area contributed by atoms with Crippen LogP contribution in [0.25, 0.3) is 0 Å². The minimum absolute atomic E-state index is 0.0655. The molecule has 0 saturated carbocycles. The van der Waals surface area contributed by atoms with Gasteiger partial charge in [-0.1, -0.05) is 78.3 Å². The van der Waals surface area contributed by atoms with E-state index in [4.69, 9.17) is 11.6 Å². The molecule has 1 N–H and O–H groups in total. The average Bonchev–Trinajstić information content (AvgIpc) is 2.99. The minimum Gasteiger partial charge on any atom is -0.355 e. The number of anilines is 1. The van der Waals surface area contributed by atoms with Gasteiger partial charge in [-0.25, -0.2) is 8.42 Å². The normalized spacial score (nSPS) is 11.9.